The Bertz CT molecular complexity index is 798. The van der Waals surface area contributed by atoms with Gasteiger partial charge in [0.25, 0.3) is 0 Å². The maximum atomic E-state index is 13.8. The number of hydrogen-bond acceptors (Lipinski definition) is 3. The quantitative estimate of drug-likeness (QED) is 0.900. The summed E-state index contributed by atoms with van der Waals surface area (Å²) in [6, 6.07) is 3.04. The number of nitrogens with zero attached hydrogens (tertiary/aromatic N) is 4. The lowest BCUT2D eigenvalue weighted by Crippen LogP contribution is -2.34. The van der Waals surface area contributed by atoms with E-state index in [1.54, 1.807) is 14.1 Å². The third kappa shape index (κ3) is 3.98. The molecule has 0 atom stereocenters. The van der Waals surface area contributed by atoms with E-state index in [9.17, 15) is 18.0 Å². The van der Waals surface area contributed by atoms with Crippen molar-refractivity contribution in [3.05, 3.63) is 52.6 Å². The topological polar surface area (TPSA) is 53.4 Å². The highest BCUT2D eigenvalue weighted by atomic mass is 19.1. The number of benzene rings is 1. The molecule has 1 N–H and O–H groups in total. The zero-order valence-electron chi connectivity index (χ0n) is 14.6. The van der Waals surface area contributed by atoms with Crippen LogP contribution < -0.4 is 5.32 Å². The first-order valence-corrected chi connectivity index (χ1v) is 8.20. The summed E-state index contributed by atoms with van der Waals surface area (Å²) >= 11 is 0. The second kappa shape index (κ2) is 7.36. The van der Waals surface area contributed by atoms with Crippen molar-refractivity contribution in [3.63, 3.8) is 0 Å². The van der Waals surface area contributed by atoms with Gasteiger partial charge in [0.1, 0.15) is 17.5 Å². The molecule has 26 heavy (non-hydrogen) atoms. The van der Waals surface area contributed by atoms with E-state index in [4.69, 9.17) is 0 Å². The fourth-order valence-electron chi connectivity index (χ4n) is 2.87. The smallest absolute Gasteiger partial charge is 0.317 e. The zero-order chi connectivity index (χ0) is 18.8. The van der Waals surface area contributed by atoms with Gasteiger partial charge < -0.3 is 10.2 Å². The van der Waals surface area contributed by atoms with Gasteiger partial charge in [-0.05, 0) is 6.07 Å². The van der Waals surface area contributed by atoms with E-state index in [1.165, 1.54) is 4.90 Å². The van der Waals surface area contributed by atoms with Crippen molar-refractivity contribution < 1.29 is 18.0 Å². The lowest BCUT2D eigenvalue weighted by atomic mass is 10.1. The maximum absolute atomic E-state index is 13.8. The number of carbonyl (C=O) groups excluding carboxylic acids is 1. The van der Waals surface area contributed by atoms with E-state index in [-0.39, 0.29) is 18.1 Å². The van der Waals surface area contributed by atoms with Crippen LogP contribution in [0.4, 0.5) is 18.0 Å². The lowest BCUT2D eigenvalue weighted by molar-refractivity contribution is 0.199. The molecule has 9 heteroatoms. The van der Waals surface area contributed by atoms with Gasteiger partial charge in [0, 0.05) is 51.4 Å². The van der Waals surface area contributed by atoms with Crippen molar-refractivity contribution in [2.75, 3.05) is 20.6 Å². The number of rotatable bonds is 4. The third-order valence-corrected chi connectivity index (χ3v) is 4.24. The molecule has 2 aromatic rings. The van der Waals surface area contributed by atoms with Crippen molar-refractivity contribution in [2.45, 2.75) is 26.2 Å². The van der Waals surface area contributed by atoms with Gasteiger partial charge in [0.05, 0.1) is 24.5 Å². The molecule has 0 unspecified atom stereocenters. The molecule has 0 bridgehead atoms. The number of amides is 2. The first kappa shape index (κ1) is 18.2. The Labute approximate surface area is 149 Å². The van der Waals surface area contributed by atoms with Crippen molar-refractivity contribution >= 4 is 6.03 Å². The largest absolute Gasteiger partial charge is 0.332 e. The monoisotopic (exact) mass is 367 g/mol. The normalized spacial score (nSPS) is 14.2. The number of aromatic nitrogens is 2. The number of halogens is 3. The molecule has 0 saturated heterocycles. The summed E-state index contributed by atoms with van der Waals surface area (Å²) in [7, 11) is 3.30. The molecule has 1 aromatic carbocycles. The Morgan fingerprint density at radius 3 is 2.54 bits per heavy atom. The Kier molecular flexibility index (Phi) is 5.17. The van der Waals surface area contributed by atoms with Crippen LogP contribution >= 0.6 is 0 Å². The minimum absolute atomic E-state index is 0.0514. The molecule has 2 amide bonds. The highest BCUT2D eigenvalue weighted by molar-refractivity contribution is 5.73. The Balaban J connectivity index is 1.66. The molecular weight excluding hydrogens is 347 g/mol. The molecule has 0 aliphatic carbocycles. The fourth-order valence-corrected chi connectivity index (χ4v) is 2.87. The first-order valence-electron chi connectivity index (χ1n) is 8.20. The minimum atomic E-state index is -0.926. The van der Waals surface area contributed by atoms with Gasteiger partial charge in [0.2, 0.25) is 0 Å². The predicted octanol–water partition coefficient (Wildman–Crippen LogP) is 2.09. The van der Waals surface area contributed by atoms with Crippen LogP contribution in [0.2, 0.25) is 0 Å². The van der Waals surface area contributed by atoms with Crippen molar-refractivity contribution in [1.29, 1.82) is 0 Å². The molecule has 140 valence electrons. The number of fused-ring (bicyclic) bond motifs is 1. The van der Waals surface area contributed by atoms with Gasteiger partial charge in [-0.2, -0.15) is 5.10 Å². The molecule has 0 radical (unpaired) electrons. The molecular formula is C17H20F3N5O. The van der Waals surface area contributed by atoms with E-state index in [0.717, 1.165) is 11.4 Å². The summed E-state index contributed by atoms with van der Waals surface area (Å²) in [5, 5.41) is 7.17. The minimum Gasteiger partial charge on any atom is -0.332 e. The molecule has 3 rings (SSSR count). The Morgan fingerprint density at radius 2 is 1.88 bits per heavy atom. The molecule has 1 aliphatic rings. The van der Waals surface area contributed by atoms with Gasteiger partial charge in [-0.15, -0.1) is 0 Å². The van der Waals surface area contributed by atoms with Crippen LogP contribution in [0.1, 0.15) is 17.0 Å². The average Bonchev–Trinajstić information content (AvgIpc) is 2.97. The first-order chi connectivity index (χ1) is 12.3. The summed E-state index contributed by atoms with van der Waals surface area (Å²) in [4.78, 5) is 14.9. The Hall–Kier alpha value is -2.55. The van der Waals surface area contributed by atoms with Gasteiger partial charge in [-0.3, -0.25) is 9.58 Å². The van der Waals surface area contributed by atoms with Crippen LogP contribution in [0, 0.1) is 17.5 Å². The summed E-state index contributed by atoms with van der Waals surface area (Å²) in [5.74, 6) is -2.69. The van der Waals surface area contributed by atoms with Crippen LogP contribution in [-0.2, 0) is 26.2 Å². The second-order valence-electron chi connectivity index (χ2n) is 6.46. The molecule has 0 fully saturated rings. The standard InChI is InChI=1S/C17H20F3N5O/c1-23(2)17(26)21-8-12-7-13-9-24(3-4-25(13)22-12)10-14-15(19)5-11(18)6-16(14)20/h5-7H,3-4,8-10H2,1-2H3,(H,21,26). The molecule has 1 aromatic heterocycles. The second-order valence-corrected chi connectivity index (χ2v) is 6.46. The van der Waals surface area contributed by atoms with E-state index in [1.807, 2.05) is 15.6 Å². The molecule has 2 heterocycles. The molecule has 0 spiro atoms. The molecule has 1 aliphatic heterocycles. The number of nitrogens with one attached hydrogen (secondary N) is 1. The predicted molar refractivity (Wildman–Crippen MR) is 88.6 cm³/mol. The number of carbonyl (C=O) groups is 1. The van der Waals surface area contributed by atoms with Gasteiger partial charge in [0.15, 0.2) is 0 Å². The molecule has 0 saturated carbocycles. The SMILES string of the molecule is CN(C)C(=O)NCc1cc2n(n1)CCN(Cc1c(F)cc(F)cc1F)C2. The van der Waals surface area contributed by atoms with Crippen LogP contribution in [0.15, 0.2) is 18.2 Å². The summed E-state index contributed by atoms with van der Waals surface area (Å²) in [5.41, 5.74) is 1.47. The van der Waals surface area contributed by atoms with Crippen molar-refractivity contribution in [3.8, 4) is 0 Å². The maximum Gasteiger partial charge on any atom is 0.317 e. The van der Waals surface area contributed by atoms with Crippen LogP contribution in [0.5, 0.6) is 0 Å². The van der Waals surface area contributed by atoms with Crippen molar-refractivity contribution in [1.82, 2.24) is 24.9 Å². The zero-order valence-corrected chi connectivity index (χ0v) is 14.6. The van der Waals surface area contributed by atoms with Gasteiger partial charge in [-0.1, -0.05) is 0 Å². The third-order valence-electron chi connectivity index (χ3n) is 4.24. The highest BCUT2D eigenvalue weighted by Gasteiger charge is 2.21. The van der Waals surface area contributed by atoms with E-state index >= 15 is 0 Å². The fraction of sp³-hybridized carbons (Fsp3) is 0.412. The van der Waals surface area contributed by atoms with Gasteiger partial charge in [-0.25, -0.2) is 18.0 Å². The van der Waals surface area contributed by atoms with Crippen LogP contribution in [-0.4, -0.2) is 46.3 Å². The van der Waals surface area contributed by atoms with Crippen LogP contribution in [0.25, 0.3) is 0 Å². The molecule has 6 nitrogen and oxygen atoms in total. The average molecular weight is 367 g/mol. The van der Waals surface area contributed by atoms with E-state index in [2.05, 4.69) is 10.4 Å². The lowest BCUT2D eigenvalue weighted by Gasteiger charge is -2.27. The van der Waals surface area contributed by atoms with E-state index < -0.39 is 17.5 Å². The number of hydrogen-bond donors (Lipinski definition) is 1. The van der Waals surface area contributed by atoms with Crippen LogP contribution in [0.3, 0.4) is 0 Å². The van der Waals surface area contributed by atoms with Gasteiger partial charge >= 0.3 is 6.03 Å². The summed E-state index contributed by atoms with van der Waals surface area (Å²) < 4.78 is 42.5. The Morgan fingerprint density at radius 1 is 1.19 bits per heavy atom. The van der Waals surface area contributed by atoms with E-state index in [0.29, 0.717) is 38.3 Å². The highest BCUT2D eigenvalue weighted by Crippen LogP contribution is 2.20. The summed E-state index contributed by atoms with van der Waals surface area (Å²) in [6.07, 6.45) is 0. The number of urea groups is 1. The summed E-state index contributed by atoms with van der Waals surface area (Å²) in [6.45, 7) is 1.95. The van der Waals surface area contributed by atoms with Crippen molar-refractivity contribution in [2.24, 2.45) is 0 Å².